The van der Waals surface area contributed by atoms with E-state index >= 15 is 0 Å². The zero-order valence-electron chi connectivity index (χ0n) is 10.6. The van der Waals surface area contributed by atoms with Gasteiger partial charge in [0.25, 0.3) is 0 Å². The second-order valence-electron chi connectivity index (χ2n) is 4.22. The van der Waals surface area contributed by atoms with Crippen LogP contribution in [0.2, 0.25) is 0 Å². The number of thiazole rings is 1. The van der Waals surface area contributed by atoms with Gasteiger partial charge in [-0.15, -0.1) is 22.7 Å². The molecule has 7 heteroatoms. The second kappa shape index (κ2) is 4.75. The highest BCUT2D eigenvalue weighted by Crippen LogP contribution is 2.29. The van der Waals surface area contributed by atoms with Gasteiger partial charge in [0, 0.05) is 16.0 Å². The lowest BCUT2D eigenvalue weighted by Crippen LogP contribution is -2.04. The van der Waals surface area contributed by atoms with E-state index in [1.807, 2.05) is 13.1 Å². The van der Waals surface area contributed by atoms with Crippen LogP contribution in [0.5, 0.6) is 0 Å². The van der Waals surface area contributed by atoms with Crippen LogP contribution >= 0.6 is 22.7 Å². The number of nitrogens with one attached hydrogen (secondary N) is 1. The van der Waals surface area contributed by atoms with Crippen molar-refractivity contribution in [1.82, 2.24) is 15.0 Å². The van der Waals surface area contributed by atoms with Crippen molar-refractivity contribution in [1.29, 1.82) is 0 Å². The number of anilines is 2. The number of aryl methyl sites for hydroxylation is 2. The summed E-state index contributed by atoms with van der Waals surface area (Å²) in [5, 5.41) is 5.35. The van der Waals surface area contributed by atoms with Crippen LogP contribution in [-0.2, 0) is 6.54 Å². The van der Waals surface area contributed by atoms with Crippen LogP contribution < -0.4 is 11.1 Å². The molecule has 0 amide bonds. The number of fused-ring (bicyclic) bond motifs is 1. The summed E-state index contributed by atoms with van der Waals surface area (Å²) in [6.45, 7) is 4.75. The standard InChI is InChI=1S/C12H13N5S2/c1-6-3-8-10(16-12(13)17-11(8)19-6)15-5-9-14-4-7(2)18-9/h3-4H,5H2,1-2H3,(H3,13,15,16,17). The van der Waals surface area contributed by atoms with Crippen LogP contribution in [0.15, 0.2) is 12.3 Å². The molecule has 0 aromatic carbocycles. The van der Waals surface area contributed by atoms with Crippen LogP contribution in [-0.4, -0.2) is 15.0 Å². The molecule has 0 spiro atoms. The lowest BCUT2D eigenvalue weighted by Gasteiger charge is -2.05. The van der Waals surface area contributed by atoms with Gasteiger partial charge in [0.2, 0.25) is 5.95 Å². The molecule has 0 saturated carbocycles. The van der Waals surface area contributed by atoms with Gasteiger partial charge in [-0.3, -0.25) is 0 Å². The summed E-state index contributed by atoms with van der Waals surface area (Å²) < 4.78 is 0. The minimum atomic E-state index is 0.298. The molecule has 0 radical (unpaired) electrons. The highest BCUT2D eigenvalue weighted by atomic mass is 32.1. The summed E-state index contributed by atoms with van der Waals surface area (Å²) in [5.41, 5.74) is 5.74. The highest BCUT2D eigenvalue weighted by Gasteiger charge is 2.09. The Morgan fingerprint density at radius 3 is 2.79 bits per heavy atom. The molecule has 0 atom stereocenters. The zero-order valence-corrected chi connectivity index (χ0v) is 12.2. The Morgan fingerprint density at radius 1 is 1.21 bits per heavy atom. The number of nitrogen functional groups attached to an aromatic ring is 1. The summed E-state index contributed by atoms with van der Waals surface area (Å²) in [7, 11) is 0. The van der Waals surface area contributed by atoms with Crippen molar-refractivity contribution in [3.05, 3.63) is 27.0 Å². The van der Waals surface area contributed by atoms with E-state index in [1.165, 1.54) is 9.75 Å². The zero-order chi connectivity index (χ0) is 13.4. The van der Waals surface area contributed by atoms with E-state index in [0.717, 1.165) is 21.0 Å². The minimum Gasteiger partial charge on any atom is -0.368 e. The number of thiophene rings is 1. The molecule has 0 bridgehead atoms. The Hall–Kier alpha value is -1.73. The van der Waals surface area contributed by atoms with E-state index in [1.54, 1.807) is 22.7 Å². The van der Waals surface area contributed by atoms with Gasteiger partial charge in [0.1, 0.15) is 15.7 Å². The van der Waals surface area contributed by atoms with Gasteiger partial charge < -0.3 is 11.1 Å². The van der Waals surface area contributed by atoms with E-state index in [-0.39, 0.29) is 0 Å². The molecular weight excluding hydrogens is 278 g/mol. The SMILES string of the molecule is Cc1cnc(CNc2nc(N)nc3sc(C)cc23)s1. The third-order valence-corrected chi connectivity index (χ3v) is 4.47. The van der Waals surface area contributed by atoms with E-state index < -0.39 is 0 Å². The minimum absolute atomic E-state index is 0.298. The Labute approximate surface area is 118 Å². The van der Waals surface area contributed by atoms with E-state index in [2.05, 4.69) is 33.3 Å². The van der Waals surface area contributed by atoms with Crippen molar-refractivity contribution in [3.63, 3.8) is 0 Å². The average Bonchev–Trinajstić information content (AvgIpc) is 2.91. The predicted octanol–water partition coefficient (Wildman–Crippen LogP) is 2.96. The van der Waals surface area contributed by atoms with E-state index in [4.69, 9.17) is 5.73 Å². The van der Waals surface area contributed by atoms with Crippen molar-refractivity contribution >= 4 is 44.7 Å². The van der Waals surface area contributed by atoms with Crippen LogP contribution in [0.4, 0.5) is 11.8 Å². The molecule has 19 heavy (non-hydrogen) atoms. The largest absolute Gasteiger partial charge is 0.368 e. The molecule has 0 fully saturated rings. The van der Waals surface area contributed by atoms with Gasteiger partial charge in [-0.1, -0.05) is 0 Å². The number of nitrogens with two attached hydrogens (primary N) is 1. The third-order valence-electron chi connectivity index (χ3n) is 2.61. The normalized spacial score (nSPS) is 11.1. The lowest BCUT2D eigenvalue weighted by molar-refractivity contribution is 1.08. The van der Waals surface area contributed by atoms with Gasteiger partial charge >= 0.3 is 0 Å². The van der Waals surface area contributed by atoms with Crippen LogP contribution in [0, 0.1) is 13.8 Å². The Bertz CT molecular complexity index is 731. The third kappa shape index (κ3) is 2.52. The first kappa shape index (κ1) is 12.3. The Balaban J connectivity index is 1.91. The first-order chi connectivity index (χ1) is 9.11. The van der Waals surface area contributed by atoms with E-state index in [0.29, 0.717) is 12.5 Å². The molecule has 3 aromatic rings. The van der Waals surface area contributed by atoms with Crippen molar-refractivity contribution in [2.24, 2.45) is 0 Å². The molecule has 3 rings (SSSR count). The van der Waals surface area contributed by atoms with Gasteiger partial charge in [0.05, 0.1) is 11.9 Å². The van der Waals surface area contributed by atoms with Crippen molar-refractivity contribution in [2.75, 3.05) is 11.1 Å². The smallest absolute Gasteiger partial charge is 0.223 e. The quantitative estimate of drug-likeness (QED) is 0.776. The van der Waals surface area contributed by atoms with Gasteiger partial charge in [0.15, 0.2) is 0 Å². The summed E-state index contributed by atoms with van der Waals surface area (Å²) in [6.07, 6.45) is 1.88. The molecule has 98 valence electrons. The molecule has 3 N–H and O–H groups in total. The molecule has 0 aliphatic rings. The average molecular weight is 291 g/mol. The van der Waals surface area contributed by atoms with Gasteiger partial charge in [-0.2, -0.15) is 4.98 Å². The summed E-state index contributed by atoms with van der Waals surface area (Å²) >= 11 is 3.30. The van der Waals surface area contributed by atoms with Crippen molar-refractivity contribution in [2.45, 2.75) is 20.4 Å². The Morgan fingerprint density at radius 2 is 2.05 bits per heavy atom. The fraction of sp³-hybridized carbons (Fsp3) is 0.250. The molecular formula is C12H13N5S2. The molecule has 0 aliphatic heterocycles. The van der Waals surface area contributed by atoms with Crippen LogP contribution in [0.3, 0.4) is 0 Å². The molecule has 0 unspecified atom stereocenters. The van der Waals surface area contributed by atoms with E-state index in [9.17, 15) is 0 Å². The number of aromatic nitrogens is 3. The summed E-state index contributed by atoms with van der Waals surface area (Å²) in [6, 6.07) is 2.08. The van der Waals surface area contributed by atoms with Gasteiger partial charge in [-0.25, -0.2) is 9.97 Å². The summed E-state index contributed by atoms with van der Waals surface area (Å²) in [4.78, 5) is 16.2. The first-order valence-corrected chi connectivity index (χ1v) is 7.44. The number of nitrogens with zero attached hydrogens (tertiary/aromatic N) is 3. The van der Waals surface area contributed by atoms with Gasteiger partial charge in [-0.05, 0) is 19.9 Å². The predicted molar refractivity (Wildman–Crippen MR) is 80.7 cm³/mol. The first-order valence-electron chi connectivity index (χ1n) is 5.80. The monoisotopic (exact) mass is 291 g/mol. The lowest BCUT2D eigenvalue weighted by atomic mass is 10.3. The van der Waals surface area contributed by atoms with Crippen LogP contribution in [0.25, 0.3) is 10.2 Å². The highest BCUT2D eigenvalue weighted by molar-refractivity contribution is 7.18. The number of hydrogen-bond acceptors (Lipinski definition) is 7. The fourth-order valence-corrected chi connectivity index (χ4v) is 3.45. The summed E-state index contributed by atoms with van der Waals surface area (Å²) in [5.74, 6) is 1.08. The van der Waals surface area contributed by atoms with Crippen molar-refractivity contribution < 1.29 is 0 Å². The molecule has 5 nitrogen and oxygen atoms in total. The second-order valence-corrected chi connectivity index (χ2v) is 6.78. The molecule has 0 saturated heterocycles. The molecule has 0 aliphatic carbocycles. The number of hydrogen-bond donors (Lipinski definition) is 2. The topological polar surface area (TPSA) is 76.7 Å². The maximum absolute atomic E-state index is 5.74. The van der Waals surface area contributed by atoms with Crippen LogP contribution in [0.1, 0.15) is 14.8 Å². The maximum atomic E-state index is 5.74. The maximum Gasteiger partial charge on any atom is 0.223 e. The molecule has 3 heterocycles. The number of rotatable bonds is 3. The van der Waals surface area contributed by atoms with Crippen molar-refractivity contribution in [3.8, 4) is 0 Å². The Kier molecular flexibility index (Phi) is 3.08. The fourth-order valence-electron chi connectivity index (χ4n) is 1.84. The molecule has 3 aromatic heterocycles.